The average molecular weight is 203 g/mol. The van der Waals surface area contributed by atoms with Crippen LogP contribution >= 0.6 is 0 Å². The van der Waals surface area contributed by atoms with Crippen LogP contribution in [-0.2, 0) is 6.42 Å². The molecule has 2 aromatic rings. The van der Waals surface area contributed by atoms with E-state index < -0.39 is 5.82 Å². The van der Waals surface area contributed by atoms with Gasteiger partial charge in [0.1, 0.15) is 11.6 Å². The fourth-order valence-corrected chi connectivity index (χ4v) is 1.45. The smallest absolute Gasteiger partial charge is 0.127 e. The van der Waals surface area contributed by atoms with Crippen molar-refractivity contribution in [3.8, 4) is 5.75 Å². The molecule has 1 aromatic carbocycles. The van der Waals surface area contributed by atoms with E-state index in [1.807, 2.05) is 18.2 Å². The molecule has 15 heavy (non-hydrogen) atoms. The van der Waals surface area contributed by atoms with Crippen molar-refractivity contribution >= 4 is 0 Å². The van der Waals surface area contributed by atoms with E-state index in [4.69, 9.17) is 0 Å². The second kappa shape index (κ2) is 4.09. The highest BCUT2D eigenvalue weighted by molar-refractivity contribution is 5.30. The van der Waals surface area contributed by atoms with Gasteiger partial charge < -0.3 is 5.11 Å². The van der Waals surface area contributed by atoms with E-state index in [2.05, 4.69) is 4.98 Å². The molecule has 0 aliphatic rings. The number of hydrogen-bond donors (Lipinski definition) is 1. The Morgan fingerprint density at radius 3 is 2.73 bits per heavy atom. The van der Waals surface area contributed by atoms with Crippen molar-refractivity contribution in [3.63, 3.8) is 0 Å². The number of rotatable bonds is 2. The number of aromatic hydroxyl groups is 1. The minimum absolute atomic E-state index is 0.0547. The first-order valence-corrected chi connectivity index (χ1v) is 4.62. The van der Waals surface area contributed by atoms with Crippen molar-refractivity contribution in [1.82, 2.24) is 4.98 Å². The van der Waals surface area contributed by atoms with Crippen LogP contribution in [0.15, 0.2) is 42.6 Å². The molecular formula is C12H10FNO. The summed E-state index contributed by atoms with van der Waals surface area (Å²) in [6, 6.07) is 9.59. The van der Waals surface area contributed by atoms with Crippen LogP contribution in [-0.4, -0.2) is 10.1 Å². The molecule has 0 fully saturated rings. The Kier molecular flexibility index (Phi) is 2.63. The van der Waals surface area contributed by atoms with E-state index in [1.165, 1.54) is 12.1 Å². The highest BCUT2D eigenvalue weighted by Gasteiger charge is 2.01. The quantitative estimate of drug-likeness (QED) is 0.813. The van der Waals surface area contributed by atoms with Crippen LogP contribution in [0.1, 0.15) is 11.3 Å². The van der Waals surface area contributed by atoms with Crippen LogP contribution in [0, 0.1) is 5.82 Å². The maximum atomic E-state index is 13.0. The van der Waals surface area contributed by atoms with Gasteiger partial charge in [0, 0.05) is 24.4 Å². The van der Waals surface area contributed by atoms with Gasteiger partial charge >= 0.3 is 0 Å². The number of hydrogen-bond acceptors (Lipinski definition) is 2. The third-order valence-electron chi connectivity index (χ3n) is 2.05. The molecule has 3 heteroatoms. The Morgan fingerprint density at radius 1 is 1.20 bits per heavy atom. The summed E-state index contributed by atoms with van der Waals surface area (Å²) in [6.07, 6.45) is 2.21. The molecule has 0 bridgehead atoms. The van der Waals surface area contributed by atoms with E-state index in [0.29, 0.717) is 12.0 Å². The van der Waals surface area contributed by atoms with Gasteiger partial charge in [-0.15, -0.1) is 0 Å². The van der Waals surface area contributed by atoms with Gasteiger partial charge in [0.15, 0.2) is 0 Å². The molecule has 0 unspecified atom stereocenters. The number of pyridine rings is 1. The molecule has 1 heterocycles. The summed E-state index contributed by atoms with van der Waals surface area (Å²) >= 11 is 0. The lowest BCUT2D eigenvalue weighted by molar-refractivity contribution is 0.468. The molecule has 0 amide bonds. The highest BCUT2D eigenvalue weighted by Crippen LogP contribution is 2.16. The molecule has 0 radical (unpaired) electrons. The zero-order valence-electron chi connectivity index (χ0n) is 8.02. The number of halogens is 1. The number of phenolic OH excluding ortho intramolecular Hbond substituents is 1. The molecule has 2 rings (SSSR count). The van der Waals surface area contributed by atoms with E-state index in [1.54, 1.807) is 6.20 Å². The van der Waals surface area contributed by atoms with Crippen LogP contribution in [0.25, 0.3) is 0 Å². The predicted octanol–water partition coefficient (Wildman–Crippen LogP) is 2.52. The summed E-state index contributed by atoms with van der Waals surface area (Å²) in [4.78, 5) is 4.13. The second-order valence-corrected chi connectivity index (χ2v) is 3.32. The zero-order chi connectivity index (χ0) is 10.7. The molecule has 0 aliphatic heterocycles. The fourth-order valence-electron chi connectivity index (χ4n) is 1.45. The normalized spacial score (nSPS) is 10.2. The number of nitrogens with zero attached hydrogens (tertiary/aromatic N) is 1. The van der Waals surface area contributed by atoms with Crippen molar-refractivity contribution in [3.05, 3.63) is 59.7 Å². The van der Waals surface area contributed by atoms with Gasteiger partial charge in [-0.05, 0) is 29.8 Å². The molecule has 1 N–H and O–H groups in total. The third kappa shape index (κ3) is 2.53. The Bertz CT molecular complexity index is 436. The first-order valence-electron chi connectivity index (χ1n) is 4.62. The maximum Gasteiger partial charge on any atom is 0.127 e. The first-order chi connectivity index (χ1) is 7.24. The van der Waals surface area contributed by atoms with E-state index >= 15 is 0 Å². The number of phenols is 1. The minimum atomic E-state index is -0.430. The van der Waals surface area contributed by atoms with Crippen LogP contribution < -0.4 is 0 Å². The Balaban J connectivity index is 2.25. The molecule has 0 spiro atoms. The van der Waals surface area contributed by atoms with Crippen LogP contribution in [0.4, 0.5) is 4.39 Å². The largest absolute Gasteiger partial charge is 0.508 e. The van der Waals surface area contributed by atoms with Crippen molar-refractivity contribution < 1.29 is 9.50 Å². The van der Waals surface area contributed by atoms with Gasteiger partial charge in [0.2, 0.25) is 0 Å². The summed E-state index contributed by atoms with van der Waals surface area (Å²) in [5.41, 5.74) is 1.56. The molecule has 1 aromatic heterocycles. The summed E-state index contributed by atoms with van der Waals surface area (Å²) in [5, 5.41) is 9.21. The van der Waals surface area contributed by atoms with Crippen LogP contribution in [0.2, 0.25) is 0 Å². The van der Waals surface area contributed by atoms with Gasteiger partial charge in [-0.3, -0.25) is 4.98 Å². The van der Waals surface area contributed by atoms with Gasteiger partial charge in [0.05, 0.1) is 0 Å². The Labute approximate surface area is 87.0 Å². The zero-order valence-corrected chi connectivity index (χ0v) is 8.02. The van der Waals surface area contributed by atoms with Crippen LogP contribution in [0.3, 0.4) is 0 Å². The second-order valence-electron chi connectivity index (χ2n) is 3.32. The molecule has 0 saturated heterocycles. The van der Waals surface area contributed by atoms with Crippen molar-refractivity contribution in [2.24, 2.45) is 0 Å². The monoisotopic (exact) mass is 203 g/mol. The lowest BCUT2D eigenvalue weighted by atomic mass is 10.1. The molecule has 0 saturated carbocycles. The standard InChI is InChI=1S/C12H10FNO/c13-10-5-9(7-12(15)8-10)6-11-3-1-2-4-14-11/h1-5,7-8,15H,6H2. The van der Waals surface area contributed by atoms with Crippen LogP contribution in [0.5, 0.6) is 5.75 Å². The van der Waals surface area contributed by atoms with Gasteiger partial charge in [-0.2, -0.15) is 0 Å². The lowest BCUT2D eigenvalue weighted by Crippen LogP contribution is -1.91. The molecule has 0 atom stereocenters. The number of aromatic nitrogens is 1. The minimum Gasteiger partial charge on any atom is -0.508 e. The van der Waals surface area contributed by atoms with E-state index in [9.17, 15) is 9.50 Å². The van der Waals surface area contributed by atoms with E-state index in [0.717, 1.165) is 11.8 Å². The van der Waals surface area contributed by atoms with E-state index in [-0.39, 0.29) is 5.75 Å². The van der Waals surface area contributed by atoms with Gasteiger partial charge in [0.25, 0.3) is 0 Å². The Morgan fingerprint density at radius 2 is 2.07 bits per heavy atom. The number of benzene rings is 1. The fraction of sp³-hybridized carbons (Fsp3) is 0.0833. The van der Waals surface area contributed by atoms with Crippen molar-refractivity contribution in [2.75, 3.05) is 0 Å². The summed E-state index contributed by atoms with van der Waals surface area (Å²) in [7, 11) is 0. The first kappa shape index (κ1) is 9.65. The van der Waals surface area contributed by atoms with Gasteiger partial charge in [-0.1, -0.05) is 6.07 Å². The predicted molar refractivity (Wildman–Crippen MR) is 55.1 cm³/mol. The summed E-state index contributed by atoms with van der Waals surface area (Å²) in [6.45, 7) is 0. The molecular weight excluding hydrogens is 193 g/mol. The average Bonchev–Trinajstić information content (AvgIpc) is 2.17. The topological polar surface area (TPSA) is 33.1 Å². The highest BCUT2D eigenvalue weighted by atomic mass is 19.1. The lowest BCUT2D eigenvalue weighted by Gasteiger charge is -2.02. The molecule has 76 valence electrons. The van der Waals surface area contributed by atoms with Crippen molar-refractivity contribution in [1.29, 1.82) is 0 Å². The molecule has 2 nitrogen and oxygen atoms in total. The maximum absolute atomic E-state index is 13.0. The SMILES string of the molecule is Oc1cc(F)cc(Cc2ccccn2)c1. The summed E-state index contributed by atoms with van der Waals surface area (Å²) in [5.74, 6) is -0.484. The molecule has 0 aliphatic carbocycles. The Hall–Kier alpha value is -1.90. The third-order valence-corrected chi connectivity index (χ3v) is 2.05. The van der Waals surface area contributed by atoms with Gasteiger partial charge in [-0.25, -0.2) is 4.39 Å². The van der Waals surface area contributed by atoms with Crippen molar-refractivity contribution in [2.45, 2.75) is 6.42 Å². The summed E-state index contributed by atoms with van der Waals surface area (Å²) < 4.78 is 13.0.